The van der Waals surface area contributed by atoms with E-state index in [2.05, 4.69) is 4.52 Å². The molecule has 0 spiro atoms. The topological polar surface area (TPSA) is 177 Å². The zero-order chi connectivity index (χ0) is 19.0. The van der Waals surface area contributed by atoms with Gasteiger partial charge in [0, 0.05) is 18.9 Å². The van der Waals surface area contributed by atoms with Gasteiger partial charge >= 0.3 is 21.1 Å². The van der Waals surface area contributed by atoms with Gasteiger partial charge in [-0.15, -0.1) is 0 Å². The van der Waals surface area contributed by atoms with Gasteiger partial charge in [-0.25, -0.2) is 13.8 Å². The number of halogens is 1. The molecule has 15 heteroatoms. The van der Waals surface area contributed by atoms with Crippen molar-refractivity contribution in [3.05, 3.63) is 33.1 Å². The molecule has 1 aliphatic heterocycles. The number of aromatic nitrogens is 2. The maximum atomic E-state index is 14.5. The van der Waals surface area contributed by atoms with Crippen molar-refractivity contribution >= 4 is 15.4 Å². The lowest BCUT2D eigenvalue weighted by Crippen LogP contribution is -2.37. The van der Waals surface area contributed by atoms with E-state index in [1.165, 1.54) is 0 Å². The lowest BCUT2D eigenvalue weighted by atomic mass is 10.1. The van der Waals surface area contributed by atoms with Crippen molar-refractivity contribution in [3.63, 3.8) is 0 Å². The smallest absolute Gasteiger partial charge is 0.346 e. The first kappa shape index (κ1) is 20.1. The second-order valence-electron chi connectivity index (χ2n) is 5.19. The second kappa shape index (κ2) is 7.22. The molecule has 25 heavy (non-hydrogen) atoms. The van der Waals surface area contributed by atoms with E-state index >= 15 is 0 Å². The molecular weight excluding hydrogens is 389 g/mol. The number of hydrogen-bond donors (Lipinski definition) is 4. The van der Waals surface area contributed by atoms with E-state index in [1.54, 1.807) is 0 Å². The molecule has 2 heterocycles. The van der Waals surface area contributed by atoms with Crippen LogP contribution in [0.2, 0.25) is 0 Å². The molecule has 0 amide bonds. The third-order valence-electron chi connectivity index (χ3n) is 3.11. The van der Waals surface area contributed by atoms with Gasteiger partial charge in [0.05, 0.1) is 6.61 Å². The van der Waals surface area contributed by atoms with Gasteiger partial charge in [-0.3, -0.25) is 28.0 Å². The molecule has 4 N–H and O–H groups in total. The summed E-state index contributed by atoms with van der Waals surface area (Å²) in [6.45, 7) is -0.120. The van der Waals surface area contributed by atoms with Gasteiger partial charge in [-0.1, -0.05) is 0 Å². The molecular formula is C10H15FN2O10P2. The predicted molar refractivity (Wildman–Crippen MR) is 78.7 cm³/mol. The van der Waals surface area contributed by atoms with E-state index in [9.17, 15) is 28.0 Å². The Morgan fingerprint density at radius 1 is 1.36 bits per heavy atom. The third-order valence-corrected chi connectivity index (χ3v) is 4.23. The number of nitrogens with one attached hydrogen (secondary N) is 1. The number of nitrogens with zero attached hydrogens (tertiary/aromatic N) is 1. The van der Waals surface area contributed by atoms with Crippen LogP contribution < -0.4 is 11.2 Å². The quantitative estimate of drug-likeness (QED) is 0.434. The van der Waals surface area contributed by atoms with Crippen molar-refractivity contribution in [2.45, 2.75) is 24.6 Å². The number of hydrogen-bond acceptors (Lipinski definition) is 7. The van der Waals surface area contributed by atoms with Crippen LogP contribution in [0.5, 0.6) is 0 Å². The largest absolute Gasteiger partial charge is 0.469 e. The zero-order valence-electron chi connectivity index (χ0n) is 12.6. The minimum absolute atomic E-state index is 0.714. The normalized spacial score (nSPS) is 29.5. The van der Waals surface area contributed by atoms with Crippen LogP contribution in [0, 0.1) is 0 Å². The maximum absolute atomic E-state index is 14.5. The van der Waals surface area contributed by atoms with Gasteiger partial charge in [0.2, 0.25) is 0 Å². The molecule has 12 nitrogen and oxygen atoms in total. The maximum Gasteiger partial charge on any atom is 0.469 e. The second-order valence-corrected chi connectivity index (χ2v) is 8.24. The van der Waals surface area contributed by atoms with Gasteiger partial charge in [-0.2, -0.15) is 0 Å². The Kier molecular flexibility index (Phi) is 5.81. The van der Waals surface area contributed by atoms with E-state index < -0.39 is 57.9 Å². The monoisotopic (exact) mass is 404 g/mol. The first-order valence-electron chi connectivity index (χ1n) is 6.67. The first-order chi connectivity index (χ1) is 11.4. The fourth-order valence-electron chi connectivity index (χ4n) is 2.19. The number of ether oxygens (including phenoxy) is 1. The molecule has 1 aromatic rings. The minimum atomic E-state index is -4.92. The minimum Gasteiger partial charge on any atom is -0.346 e. The Hall–Kier alpha value is -1.17. The predicted octanol–water partition coefficient (Wildman–Crippen LogP) is -0.918. The molecule has 0 aliphatic carbocycles. The summed E-state index contributed by atoms with van der Waals surface area (Å²) in [5.74, 6) is 0. The van der Waals surface area contributed by atoms with Gasteiger partial charge in [0.1, 0.15) is 12.2 Å². The van der Waals surface area contributed by atoms with Crippen LogP contribution in [-0.2, 0) is 22.9 Å². The summed E-state index contributed by atoms with van der Waals surface area (Å²) in [5.41, 5.74) is -1.74. The average molecular weight is 404 g/mol. The highest BCUT2D eigenvalue weighted by Crippen LogP contribution is 2.46. The van der Waals surface area contributed by atoms with Crippen molar-refractivity contribution in [2.24, 2.45) is 0 Å². The Morgan fingerprint density at radius 2 is 2.00 bits per heavy atom. The molecule has 0 radical (unpaired) electrons. The van der Waals surface area contributed by atoms with Crippen LogP contribution >= 0.6 is 15.4 Å². The highest BCUT2D eigenvalue weighted by atomic mass is 31.2. The van der Waals surface area contributed by atoms with Crippen molar-refractivity contribution in [2.75, 3.05) is 13.3 Å². The number of alkyl halides is 1. The van der Waals surface area contributed by atoms with Crippen LogP contribution in [0.4, 0.5) is 4.39 Å². The molecule has 1 unspecified atom stereocenters. The highest BCUT2D eigenvalue weighted by Gasteiger charge is 2.50. The van der Waals surface area contributed by atoms with Crippen LogP contribution in [0.3, 0.4) is 0 Å². The van der Waals surface area contributed by atoms with Crippen molar-refractivity contribution < 1.29 is 42.0 Å². The molecule has 2 rings (SSSR count). The molecule has 1 aromatic heterocycles. The molecule has 5 atom stereocenters. The lowest BCUT2D eigenvalue weighted by molar-refractivity contribution is -0.0500. The third kappa shape index (κ3) is 5.40. The number of H-pyrrole nitrogens is 1. The fraction of sp³-hybridized carbons (Fsp3) is 0.600. The molecule has 1 saturated heterocycles. The summed E-state index contributed by atoms with van der Waals surface area (Å²) in [6, 6.07) is 0.930. The number of phosphoric ester groups is 1. The SMILES string of the molecule is CP(=O)(O)O[C@@H]1[C@H](F)[C@@H](COP(=O)(O)O)O[C@H]1n1ccc(=O)[nH]c1=O. The van der Waals surface area contributed by atoms with Crippen LogP contribution in [0.15, 0.2) is 21.9 Å². The van der Waals surface area contributed by atoms with Crippen molar-refractivity contribution in [1.29, 1.82) is 0 Å². The lowest BCUT2D eigenvalue weighted by Gasteiger charge is -2.22. The summed E-state index contributed by atoms with van der Waals surface area (Å²) in [7, 11) is -9.14. The molecule has 0 saturated carbocycles. The Labute approximate surface area is 138 Å². The highest BCUT2D eigenvalue weighted by molar-refractivity contribution is 7.51. The summed E-state index contributed by atoms with van der Waals surface area (Å²) < 4.78 is 51.5. The van der Waals surface area contributed by atoms with E-state index in [4.69, 9.17) is 19.0 Å². The van der Waals surface area contributed by atoms with Crippen LogP contribution in [0.1, 0.15) is 6.23 Å². The van der Waals surface area contributed by atoms with Crippen LogP contribution in [0.25, 0.3) is 0 Å². The Bertz CT molecular complexity index is 827. The Morgan fingerprint density at radius 3 is 2.52 bits per heavy atom. The summed E-state index contributed by atoms with van der Waals surface area (Å²) >= 11 is 0. The van der Waals surface area contributed by atoms with E-state index in [0.29, 0.717) is 4.57 Å². The molecule has 1 aliphatic rings. The fourth-order valence-corrected chi connectivity index (χ4v) is 3.20. The standard InChI is InChI=1S/C10H15FN2O10P2/c1-24(16,17)23-8-7(11)5(4-21-25(18,19)20)22-9(8)13-3-2-6(14)12-10(13)15/h2-3,5,7-9H,4H2,1H3,(H,16,17)(H,12,14,15)(H2,18,19,20)/t5-,7-,8-,9-/m1/s1. The van der Waals surface area contributed by atoms with Gasteiger partial charge in [0.15, 0.2) is 12.4 Å². The first-order valence-corrected chi connectivity index (χ1v) is 10.2. The Balaban J connectivity index is 2.34. The molecule has 0 bridgehead atoms. The van der Waals surface area contributed by atoms with Gasteiger partial charge in [0.25, 0.3) is 5.56 Å². The van der Waals surface area contributed by atoms with Crippen molar-refractivity contribution in [1.82, 2.24) is 9.55 Å². The van der Waals surface area contributed by atoms with E-state index in [1.807, 2.05) is 4.98 Å². The average Bonchev–Trinajstić information content (AvgIpc) is 2.71. The molecule has 142 valence electrons. The number of phosphoric acid groups is 1. The number of aromatic amines is 1. The van der Waals surface area contributed by atoms with Gasteiger partial charge < -0.3 is 19.4 Å². The van der Waals surface area contributed by atoms with Crippen LogP contribution in [-0.4, -0.2) is 55.9 Å². The summed E-state index contributed by atoms with van der Waals surface area (Å²) in [4.78, 5) is 51.5. The van der Waals surface area contributed by atoms with Gasteiger partial charge in [-0.05, 0) is 0 Å². The van der Waals surface area contributed by atoms with E-state index in [-0.39, 0.29) is 0 Å². The molecule has 1 fully saturated rings. The van der Waals surface area contributed by atoms with Crippen molar-refractivity contribution in [3.8, 4) is 0 Å². The summed E-state index contributed by atoms with van der Waals surface area (Å²) in [5, 5.41) is 0. The summed E-state index contributed by atoms with van der Waals surface area (Å²) in [6.07, 6.45) is -6.15. The van der Waals surface area contributed by atoms with E-state index in [0.717, 1.165) is 18.9 Å². The number of rotatable bonds is 6. The molecule has 0 aromatic carbocycles. The zero-order valence-corrected chi connectivity index (χ0v) is 14.4.